The Labute approximate surface area is 121 Å². The number of hydrogen-bond acceptors (Lipinski definition) is 4. The molecule has 108 valence electrons. The topological polar surface area (TPSA) is 59.7 Å². The van der Waals surface area contributed by atoms with Gasteiger partial charge >= 0.3 is 5.63 Å². The average molecular weight is 297 g/mol. The lowest BCUT2D eigenvalue weighted by Crippen LogP contribution is -2.33. The van der Waals surface area contributed by atoms with Crippen molar-refractivity contribution in [1.29, 1.82) is 0 Å². The Morgan fingerprint density at radius 1 is 1.35 bits per heavy atom. The Hall–Kier alpha value is -1.52. The first-order valence-electron chi connectivity index (χ1n) is 6.29. The van der Waals surface area contributed by atoms with Gasteiger partial charge in [0.1, 0.15) is 11.3 Å². The summed E-state index contributed by atoms with van der Waals surface area (Å²) in [7, 11) is 1.54. The Morgan fingerprint density at radius 3 is 2.60 bits per heavy atom. The third-order valence-electron chi connectivity index (χ3n) is 3.22. The van der Waals surface area contributed by atoms with Crippen LogP contribution in [-0.2, 0) is 6.42 Å². The van der Waals surface area contributed by atoms with Crippen LogP contribution in [0.1, 0.15) is 19.4 Å². The molecule has 1 heterocycles. The predicted molar refractivity (Wildman–Crippen MR) is 78.7 cm³/mol. The molecule has 20 heavy (non-hydrogen) atoms. The molecule has 0 radical (unpaired) electrons. The SMILES string of the molecule is COc1ccc2ccc(=O)oc2c1CC(Cl)C(C)(C)O. The molecule has 5 heteroatoms. The van der Waals surface area contributed by atoms with E-state index in [0.29, 0.717) is 23.3 Å². The van der Waals surface area contributed by atoms with Gasteiger partial charge in [0.15, 0.2) is 0 Å². The summed E-state index contributed by atoms with van der Waals surface area (Å²) in [6.45, 7) is 3.27. The van der Waals surface area contributed by atoms with E-state index in [9.17, 15) is 9.90 Å². The molecule has 0 saturated carbocycles. The lowest BCUT2D eigenvalue weighted by molar-refractivity contribution is 0.0753. The quantitative estimate of drug-likeness (QED) is 0.696. The largest absolute Gasteiger partial charge is 0.496 e. The molecule has 1 unspecified atom stereocenters. The summed E-state index contributed by atoms with van der Waals surface area (Å²) in [5.41, 5.74) is -0.345. The lowest BCUT2D eigenvalue weighted by Gasteiger charge is -2.24. The van der Waals surface area contributed by atoms with Crippen LogP contribution in [0.5, 0.6) is 5.75 Å². The van der Waals surface area contributed by atoms with Gasteiger partial charge in [-0.2, -0.15) is 0 Å². The van der Waals surface area contributed by atoms with E-state index >= 15 is 0 Å². The zero-order valence-electron chi connectivity index (χ0n) is 11.6. The van der Waals surface area contributed by atoms with Crippen molar-refractivity contribution in [2.75, 3.05) is 7.11 Å². The van der Waals surface area contributed by atoms with Crippen LogP contribution in [0.4, 0.5) is 0 Å². The number of alkyl halides is 1. The van der Waals surface area contributed by atoms with Gasteiger partial charge < -0.3 is 14.3 Å². The monoisotopic (exact) mass is 296 g/mol. The maximum absolute atomic E-state index is 11.4. The highest BCUT2D eigenvalue weighted by molar-refractivity contribution is 6.21. The Bertz CT molecular complexity index is 670. The average Bonchev–Trinajstić information content (AvgIpc) is 2.38. The zero-order valence-corrected chi connectivity index (χ0v) is 12.4. The molecule has 0 amide bonds. The Morgan fingerprint density at radius 2 is 2.00 bits per heavy atom. The van der Waals surface area contributed by atoms with E-state index in [2.05, 4.69) is 0 Å². The van der Waals surface area contributed by atoms with E-state index in [-0.39, 0.29) is 0 Å². The van der Waals surface area contributed by atoms with E-state index in [1.54, 1.807) is 33.1 Å². The van der Waals surface area contributed by atoms with Gasteiger partial charge in [0.05, 0.1) is 18.1 Å². The maximum atomic E-state index is 11.4. The van der Waals surface area contributed by atoms with Crippen molar-refractivity contribution in [3.05, 3.63) is 40.2 Å². The van der Waals surface area contributed by atoms with Crippen LogP contribution >= 0.6 is 11.6 Å². The molecule has 4 nitrogen and oxygen atoms in total. The number of fused-ring (bicyclic) bond motifs is 1. The molecule has 0 saturated heterocycles. The van der Waals surface area contributed by atoms with Crippen molar-refractivity contribution in [2.45, 2.75) is 31.2 Å². The number of halogens is 1. The van der Waals surface area contributed by atoms with E-state index in [1.165, 1.54) is 6.07 Å². The van der Waals surface area contributed by atoms with Crippen LogP contribution in [0.2, 0.25) is 0 Å². The molecule has 0 aliphatic rings. The number of hydrogen-bond donors (Lipinski definition) is 1. The van der Waals surface area contributed by atoms with E-state index < -0.39 is 16.6 Å². The van der Waals surface area contributed by atoms with E-state index in [0.717, 1.165) is 5.39 Å². The molecule has 2 aromatic rings. The highest BCUT2D eigenvalue weighted by Gasteiger charge is 2.27. The van der Waals surface area contributed by atoms with Gasteiger partial charge in [-0.05, 0) is 38.5 Å². The molecule has 1 atom stereocenters. The summed E-state index contributed by atoms with van der Waals surface area (Å²) in [6, 6.07) is 6.67. The number of rotatable bonds is 4. The van der Waals surface area contributed by atoms with Crippen LogP contribution in [0.15, 0.2) is 33.5 Å². The second-order valence-corrected chi connectivity index (χ2v) is 5.77. The van der Waals surface area contributed by atoms with E-state index in [1.807, 2.05) is 6.07 Å². The van der Waals surface area contributed by atoms with Crippen LogP contribution in [0.25, 0.3) is 11.0 Å². The fourth-order valence-corrected chi connectivity index (χ4v) is 2.14. The van der Waals surface area contributed by atoms with Crippen molar-refractivity contribution in [3.8, 4) is 5.75 Å². The second-order valence-electron chi connectivity index (χ2n) is 5.24. The van der Waals surface area contributed by atoms with Crippen molar-refractivity contribution in [3.63, 3.8) is 0 Å². The summed E-state index contributed by atoms with van der Waals surface area (Å²) < 4.78 is 10.6. The van der Waals surface area contributed by atoms with Crippen LogP contribution < -0.4 is 10.4 Å². The summed E-state index contributed by atoms with van der Waals surface area (Å²) in [4.78, 5) is 11.4. The lowest BCUT2D eigenvalue weighted by atomic mass is 9.96. The molecule has 1 aromatic carbocycles. The van der Waals surface area contributed by atoms with Crippen molar-refractivity contribution in [1.82, 2.24) is 0 Å². The highest BCUT2D eigenvalue weighted by atomic mass is 35.5. The Kier molecular flexibility index (Phi) is 4.06. The summed E-state index contributed by atoms with van der Waals surface area (Å²) in [6.07, 6.45) is 0.332. The number of aliphatic hydroxyl groups is 1. The minimum absolute atomic E-state index is 0.332. The van der Waals surface area contributed by atoms with Gasteiger partial charge in [-0.25, -0.2) is 4.79 Å². The third-order valence-corrected chi connectivity index (χ3v) is 3.91. The van der Waals surface area contributed by atoms with Gasteiger partial charge in [0.2, 0.25) is 0 Å². The van der Waals surface area contributed by atoms with Crippen molar-refractivity contribution in [2.24, 2.45) is 0 Å². The molecule has 0 bridgehead atoms. The molecule has 1 N–H and O–H groups in total. The van der Waals surface area contributed by atoms with Gasteiger partial charge in [0.25, 0.3) is 0 Å². The first-order valence-corrected chi connectivity index (χ1v) is 6.72. The van der Waals surface area contributed by atoms with Crippen LogP contribution in [-0.4, -0.2) is 23.2 Å². The number of methoxy groups -OCH3 is 1. The number of benzene rings is 1. The normalized spacial score (nSPS) is 13.4. The zero-order chi connectivity index (χ0) is 14.9. The molecule has 0 fully saturated rings. The summed E-state index contributed by atoms with van der Waals surface area (Å²) in [5.74, 6) is 0.585. The molecule has 2 rings (SSSR count). The minimum Gasteiger partial charge on any atom is -0.496 e. The van der Waals surface area contributed by atoms with Gasteiger partial charge in [-0.15, -0.1) is 11.6 Å². The van der Waals surface area contributed by atoms with E-state index in [4.69, 9.17) is 20.8 Å². The van der Waals surface area contributed by atoms with Crippen molar-refractivity contribution >= 4 is 22.6 Å². The smallest absolute Gasteiger partial charge is 0.336 e. The maximum Gasteiger partial charge on any atom is 0.336 e. The molecule has 0 aliphatic carbocycles. The van der Waals surface area contributed by atoms with Crippen LogP contribution in [0.3, 0.4) is 0 Å². The van der Waals surface area contributed by atoms with Gasteiger partial charge in [-0.3, -0.25) is 0 Å². The fourth-order valence-electron chi connectivity index (χ4n) is 1.99. The Balaban J connectivity index is 2.59. The fraction of sp³-hybridized carbons (Fsp3) is 0.400. The molecule has 0 spiro atoms. The summed E-state index contributed by atoms with van der Waals surface area (Å²) in [5, 5.41) is 10.2. The molecule has 0 aliphatic heterocycles. The van der Waals surface area contributed by atoms with Gasteiger partial charge in [-0.1, -0.05) is 0 Å². The molecule has 1 aromatic heterocycles. The first kappa shape index (κ1) is 14.9. The third kappa shape index (κ3) is 2.97. The minimum atomic E-state index is -1.05. The standard InChI is InChI=1S/C15H17ClO4/c1-15(2,18)12(16)8-10-11(19-3)6-4-9-5-7-13(17)20-14(9)10/h4-7,12,18H,8H2,1-3H3. The first-order chi connectivity index (χ1) is 9.32. The van der Waals surface area contributed by atoms with Crippen molar-refractivity contribution < 1.29 is 14.3 Å². The number of ether oxygens (including phenoxy) is 1. The molecular formula is C15H17ClO4. The second kappa shape index (κ2) is 5.46. The van der Waals surface area contributed by atoms with Gasteiger partial charge in [0, 0.05) is 17.0 Å². The van der Waals surface area contributed by atoms with Crippen LogP contribution in [0, 0.1) is 0 Å². The predicted octanol–water partition coefficient (Wildman–Crippen LogP) is 2.72. The summed E-state index contributed by atoms with van der Waals surface area (Å²) >= 11 is 6.24. The molecular weight excluding hydrogens is 280 g/mol. The highest BCUT2D eigenvalue weighted by Crippen LogP contribution is 2.31.